The van der Waals surface area contributed by atoms with Crippen molar-refractivity contribution in [2.24, 2.45) is 0 Å². The third-order valence-corrected chi connectivity index (χ3v) is 4.53. The summed E-state index contributed by atoms with van der Waals surface area (Å²) in [6, 6.07) is 17.5. The fraction of sp³-hybridized carbons (Fsp3) is 0.368. The van der Waals surface area contributed by atoms with Gasteiger partial charge in [-0.25, -0.2) is 0 Å². The van der Waals surface area contributed by atoms with Crippen LogP contribution in [0.15, 0.2) is 48.5 Å². The van der Waals surface area contributed by atoms with Crippen LogP contribution in [0.4, 0.5) is 0 Å². The lowest BCUT2D eigenvalue weighted by Crippen LogP contribution is -2.33. The van der Waals surface area contributed by atoms with Crippen molar-refractivity contribution in [2.75, 3.05) is 26.2 Å². The number of nitrogens with zero attached hydrogens (tertiary/aromatic N) is 1. The van der Waals surface area contributed by atoms with Gasteiger partial charge in [0.05, 0.1) is 6.04 Å². The molecule has 1 fully saturated rings. The molecule has 1 unspecified atom stereocenters. The minimum Gasteiger partial charge on any atom is -0.315 e. The minimum absolute atomic E-state index is 0.277. The fourth-order valence-electron chi connectivity index (χ4n) is 3.16. The molecule has 0 spiro atoms. The first-order chi connectivity index (χ1) is 10.7. The molecule has 3 heteroatoms. The third-order valence-electron chi connectivity index (χ3n) is 4.30. The molecule has 1 heterocycles. The van der Waals surface area contributed by atoms with Gasteiger partial charge in [-0.1, -0.05) is 53.6 Å². The molecule has 2 aromatic carbocycles. The van der Waals surface area contributed by atoms with Gasteiger partial charge >= 0.3 is 0 Å². The van der Waals surface area contributed by atoms with Crippen LogP contribution in [0.2, 0.25) is 5.02 Å². The molecule has 22 heavy (non-hydrogen) atoms. The molecule has 0 aromatic heterocycles. The molecule has 2 aromatic rings. The van der Waals surface area contributed by atoms with E-state index in [0.29, 0.717) is 0 Å². The summed E-state index contributed by atoms with van der Waals surface area (Å²) in [5.74, 6) is 0. The van der Waals surface area contributed by atoms with E-state index in [1.165, 1.54) is 23.1 Å². The van der Waals surface area contributed by atoms with Crippen LogP contribution in [-0.4, -0.2) is 31.1 Å². The van der Waals surface area contributed by atoms with Gasteiger partial charge in [0.15, 0.2) is 0 Å². The lowest BCUT2D eigenvalue weighted by atomic mass is 9.96. The van der Waals surface area contributed by atoms with Gasteiger partial charge in [-0.2, -0.15) is 0 Å². The number of nitrogens with one attached hydrogen (secondary N) is 1. The predicted molar refractivity (Wildman–Crippen MR) is 93.5 cm³/mol. The molecule has 1 aliphatic heterocycles. The van der Waals surface area contributed by atoms with Crippen molar-refractivity contribution in [1.82, 2.24) is 10.2 Å². The van der Waals surface area contributed by atoms with E-state index in [1.54, 1.807) is 0 Å². The number of rotatable bonds is 3. The Balaban J connectivity index is 1.99. The maximum atomic E-state index is 6.24. The summed E-state index contributed by atoms with van der Waals surface area (Å²) in [5, 5.41) is 4.30. The average Bonchev–Trinajstić information content (AvgIpc) is 2.79. The molecule has 2 nitrogen and oxygen atoms in total. The number of benzene rings is 2. The van der Waals surface area contributed by atoms with Crippen LogP contribution in [0.5, 0.6) is 0 Å². The van der Waals surface area contributed by atoms with Crippen molar-refractivity contribution >= 4 is 11.6 Å². The standard InChI is InChI=1S/C19H23ClN2/c1-15-6-8-16(9-7-15)19(17-4-2-5-18(20)14-17)22-12-3-10-21-11-13-22/h2,4-9,14,19,21H,3,10-13H2,1H3. The minimum atomic E-state index is 0.277. The zero-order valence-corrected chi connectivity index (χ0v) is 13.8. The molecular formula is C19H23ClN2. The molecule has 3 rings (SSSR count). The van der Waals surface area contributed by atoms with Gasteiger partial charge in [0, 0.05) is 24.7 Å². The molecular weight excluding hydrogens is 292 g/mol. The van der Waals surface area contributed by atoms with Gasteiger partial charge in [-0.05, 0) is 43.1 Å². The molecule has 0 aliphatic carbocycles. The topological polar surface area (TPSA) is 15.3 Å². The summed E-state index contributed by atoms with van der Waals surface area (Å²) in [5.41, 5.74) is 3.92. The number of hydrogen-bond donors (Lipinski definition) is 1. The van der Waals surface area contributed by atoms with Gasteiger partial charge in [0.25, 0.3) is 0 Å². The summed E-state index contributed by atoms with van der Waals surface area (Å²) >= 11 is 6.24. The van der Waals surface area contributed by atoms with Crippen molar-refractivity contribution in [2.45, 2.75) is 19.4 Å². The summed E-state index contributed by atoms with van der Waals surface area (Å²) in [6.07, 6.45) is 1.18. The summed E-state index contributed by atoms with van der Waals surface area (Å²) in [4.78, 5) is 2.57. The van der Waals surface area contributed by atoms with E-state index in [-0.39, 0.29) is 6.04 Å². The molecule has 1 aliphatic rings. The molecule has 0 saturated carbocycles. The quantitative estimate of drug-likeness (QED) is 0.920. The van der Waals surface area contributed by atoms with Gasteiger partial charge < -0.3 is 5.32 Å². The van der Waals surface area contributed by atoms with E-state index in [1.807, 2.05) is 6.07 Å². The summed E-state index contributed by atoms with van der Waals surface area (Å²) in [6.45, 7) is 6.45. The Morgan fingerprint density at radius 2 is 1.82 bits per heavy atom. The van der Waals surface area contributed by atoms with Crippen LogP contribution < -0.4 is 5.32 Å². The Morgan fingerprint density at radius 1 is 1.00 bits per heavy atom. The highest BCUT2D eigenvalue weighted by Gasteiger charge is 2.23. The molecule has 116 valence electrons. The van der Waals surface area contributed by atoms with Crippen molar-refractivity contribution in [1.29, 1.82) is 0 Å². The monoisotopic (exact) mass is 314 g/mol. The zero-order chi connectivity index (χ0) is 15.4. The number of hydrogen-bond acceptors (Lipinski definition) is 2. The maximum absolute atomic E-state index is 6.24. The first kappa shape index (κ1) is 15.5. The molecule has 1 saturated heterocycles. The zero-order valence-electron chi connectivity index (χ0n) is 13.1. The normalized spacial score (nSPS) is 17.9. The largest absolute Gasteiger partial charge is 0.315 e. The van der Waals surface area contributed by atoms with E-state index in [9.17, 15) is 0 Å². The molecule has 1 atom stereocenters. The average molecular weight is 315 g/mol. The highest BCUT2D eigenvalue weighted by molar-refractivity contribution is 6.30. The molecule has 0 bridgehead atoms. The highest BCUT2D eigenvalue weighted by Crippen LogP contribution is 2.30. The predicted octanol–water partition coefficient (Wildman–Crippen LogP) is 4.03. The van der Waals surface area contributed by atoms with Gasteiger partial charge in [-0.15, -0.1) is 0 Å². The Kier molecular flexibility index (Phi) is 5.14. The van der Waals surface area contributed by atoms with Crippen LogP contribution in [0.25, 0.3) is 0 Å². The van der Waals surface area contributed by atoms with Crippen LogP contribution in [0, 0.1) is 6.92 Å². The fourth-order valence-corrected chi connectivity index (χ4v) is 3.36. The second-order valence-corrected chi connectivity index (χ2v) is 6.44. The lowest BCUT2D eigenvalue weighted by Gasteiger charge is -2.31. The van der Waals surface area contributed by atoms with E-state index in [0.717, 1.165) is 31.2 Å². The molecule has 0 amide bonds. The first-order valence-corrected chi connectivity index (χ1v) is 8.38. The molecule has 0 radical (unpaired) electrons. The van der Waals surface area contributed by atoms with Crippen molar-refractivity contribution in [3.8, 4) is 0 Å². The van der Waals surface area contributed by atoms with Crippen LogP contribution >= 0.6 is 11.6 Å². The summed E-state index contributed by atoms with van der Waals surface area (Å²) < 4.78 is 0. The van der Waals surface area contributed by atoms with E-state index in [4.69, 9.17) is 11.6 Å². The van der Waals surface area contributed by atoms with Crippen LogP contribution in [0.1, 0.15) is 29.2 Å². The van der Waals surface area contributed by atoms with E-state index in [2.05, 4.69) is 59.6 Å². The first-order valence-electron chi connectivity index (χ1n) is 8.01. The van der Waals surface area contributed by atoms with Gasteiger partial charge in [0.2, 0.25) is 0 Å². The third kappa shape index (κ3) is 3.70. The van der Waals surface area contributed by atoms with Crippen molar-refractivity contribution in [3.63, 3.8) is 0 Å². The molecule has 1 N–H and O–H groups in total. The van der Waals surface area contributed by atoms with Crippen LogP contribution in [0.3, 0.4) is 0 Å². The van der Waals surface area contributed by atoms with Crippen molar-refractivity contribution < 1.29 is 0 Å². The Labute approximate surface area is 138 Å². The Bertz CT molecular complexity index is 601. The second-order valence-electron chi connectivity index (χ2n) is 6.01. The smallest absolute Gasteiger partial charge is 0.0602 e. The van der Waals surface area contributed by atoms with E-state index >= 15 is 0 Å². The Morgan fingerprint density at radius 3 is 2.59 bits per heavy atom. The van der Waals surface area contributed by atoms with Crippen LogP contribution in [-0.2, 0) is 0 Å². The van der Waals surface area contributed by atoms with Gasteiger partial charge in [-0.3, -0.25) is 4.90 Å². The maximum Gasteiger partial charge on any atom is 0.0602 e. The second kappa shape index (κ2) is 7.28. The lowest BCUT2D eigenvalue weighted by molar-refractivity contribution is 0.241. The Hall–Kier alpha value is -1.35. The SMILES string of the molecule is Cc1ccc(C(c2cccc(Cl)c2)N2CCCNCC2)cc1. The summed E-state index contributed by atoms with van der Waals surface area (Å²) in [7, 11) is 0. The number of aryl methyl sites for hydroxylation is 1. The van der Waals surface area contributed by atoms with Crippen molar-refractivity contribution in [3.05, 3.63) is 70.2 Å². The highest BCUT2D eigenvalue weighted by atomic mass is 35.5. The van der Waals surface area contributed by atoms with Gasteiger partial charge in [0.1, 0.15) is 0 Å². The van der Waals surface area contributed by atoms with E-state index < -0.39 is 0 Å². The number of halogens is 1.